The fourth-order valence-corrected chi connectivity index (χ4v) is 4.45. The number of anilines is 2. The molecule has 3 rings (SSSR count). The molecular formula is C17H16ClN3O3S2. The number of nitrogens with zero attached hydrogens (tertiary/aromatic N) is 1. The summed E-state index contributed by atoms with van der Waals surface area (Å²) >= 11 is 7.44. The van der Waals surface area contributed by atoms with Crippen LogP contribution in [-0.4, -0.2) is 25.1 Å². The molecule has 9 heteroatoms. The summed E-state index contributed by atoms with van der Waals surface area (Å²) in [6, 6.07) is 13.4. The van der Waals surface area contributed by atoms with Gasteiger partial charge in [-0.1, -0.05) is 41.9 Å². The molecule has 0 fully saturated rings. The fourth-order valence-electron chi connectivity index (χ4n) is 2.34. The summed E-state index contributed by atoms with van der Waals surface area (Å²) in [7, 11) is -3.77. The van der Waals surface area contributed by atoms with Crippen LogP contribution in [0.2, 0.25) is 5.02 Å². The van der Waals surface area contributed by atoms with Gasteiger partial charge in [-0.15, -0.1) is 11.3 Å². The number of sulfonamides is 1. The number of hydrogen-bond donors (Lipinski definition) is 3. The summed E-state index contributed by atoms with van der Waals surface area (Å²) in [5.74, 6) is 0. The molecule has 0 aliphatic rings. The average molecular weight is 410 g/mol. The van der Waals surface area contributed by atoms with Gasteiger partial charge in [0.25, 0.3) is 10.0 Å². The molecule has 26 heavy (non-hydrogen) atoms. The maximum Gasteiger partial charge on any atom is 0.263 e. The molecule has 1 unspecified atom stereocenters. The number of rotatable bonds is 7. The lowest BCUT2D eigenvalue weighted by Crippen LogP contribution is -2.16. The monoisotopic (exact) mass is 409 g/mol. The second-order valence-electron chi connectivity index (χ2n) is 5.37. The number of halogens is 1. The molecule has 3 aromatic rings. The third kappa shape index (κ3) is 4.34. The van der Waals surface area contributed by atoms with E-state index in [0.717, 1.165) is 5.56 Å². The van der Waals surface area contributed by atoms with E-state index in [4.69, 9.17) is 11.6 Å². The zero-order valence-electron chi connectivity index (χ0n) is 13.5. The molecular weight excluding hydrogens is 394 g/mol. The molecule has 136 valence electrons. The molecule has 2 aromatic carbocycles. The van der Waals surface area contributed by atoms with Crippen LogP contribution in [0.3, 0.4) is 0 Å². The van der Waals surface area contributed by atoms with Crippen molar-refractivity contribution in [2.24, 2.45) is 0 Å². The molecule has 0 bridgehead atoms. The van der Waals surface area contributed by atoms with Gasteiger partial charge in [0.05, 0.1) is 28.3 Å². The van der Waals surface area contributed by atoms with Crippen molar-refractivity contribution < 1.29 is 13.5 Å². The highest BCUT2D eigenvalue weighted by molar-refractivity contribution is 7.93. The molecule has 0 saturated heterocycles. The predicted octanol–water partition coefficient (Wildman–Crippen LogP) is 3.74. The molecule has 0 saturated carbocycles. The molecule has 1 heterocycles. The van der Waals surface area contributed by atoms with Gasteiger partial charge in [-0.2, -0.15) is 0 Å². The molecule has 1 atom stereocenters. The maximum absolute atomic E-state index is 12.4. The third-order valence-corrected chi connectivity index (χ3v) is 6.09. The van der Waals surface area contributed by atoms with Crippen LogP contribution in [0, 0.1) is 0 Å². The standard InChI is InChI=1S/C17H16ClN3O3S2/c18-14-10-13(26(23,24)21-17-19-8-9-25-17)6-7-15(14)20-16(11-22)12-4-2-1-3-5-12/h1-10,16,20,22H,11H2,(H,19,21). The van der Waals surface area contributed by atoms with Crippen LogP contribution in [0.4, 0.5) is 10.8 Å². The van der Waals surface area contributed by atoms with Crippen LogP contribution < -0.4 is 10.0 Å². The minimum Gasteiger partial charge on any atom is -0.394 e. The van der Waals surface area contributed by atoms with Gasteiger partial charge in [0, 0.05) is 11.6 Å². The van der Waals surface area contributed by atoms with E-state index in [2.05, 4.69) is 15.0 Å². The van der Waals surface area contributed by atoms with Gasteiger partial charge in [-0.05, 0) is 23.8 Å². The Kier molecular flexibility index (Phi) is 5.77. The molecule has 0 radical (unpaired) electrons. The average Bonchev–Trinajstić information content (AvgIpc) is 3.13. The van der Waals surface area contributed by atoms with Crippen molar-refractivity contribution in [3.05, 3.63) is 70.7 Å². The van der Waals surface area contributed by atoms with E-state index < -0.39 is 10.0 Å². The van der Waals surface area contributed by atoms with Crippen LogP contribution in [0.5, 0.6) is 0 Å². The first-order valence-corrected chi connectivity index (χ1v) is 10.4. The smallest absolute Gasteiger partial charge is 0.263 e. The Bertz CT molecular complexity index is 964. The summed E-state index contributed by atoms with van der Waals surface area (Å²) in [6.45, 7) is -0.133. The summed E-state index contributed by atoms with van der Waals surface area (Å²) in [6.07, 6.45) is 1.52. The van der Waals surface area contributed by atoms with Crippen molar-refractivity contribution in [3.8, 4) is 0 Å². The largest absolute Gasteiger partial charge is 0.394 e. The predicted molar refractivity (Wildman–Crippen MR) is 104 cm³/mol. The number of aromatic nitrogens is 1. The first-order chi connectivity index (χ1) is 12.5. The van der Waals surface area contributed by atoms with Crippen LogP contribution in [0.15, 0.2) is 65.0 Å². The van der Waals surface area contributed by atoms with Crippen LogP contribution in [0.25, 0.3) is 0 Å². The van der Waals surface area contributed by atoms with Crippen molar-refractivity contribution >= 4 is 43.8 Å². The SMILES string of the molecule is O=S(=O)(Nc1nccs1)c1ccc(NC(CO)c2ccccc2)c(Cl)c1. The Morgan fingerprint density at radius 3 is 2.58 bits per heavy atom. The van der Waals surface area contributed by atoms with Crippen molar-refractivity contribution in [2.75, 3.05) is 16.6 Å². The molecule has 0 aliphatic heterocycles. The summed E-state index contributed by atoms with van der Waals surface area (Å²) in [5.41, 5.74) is 1.43. The molecule has 6 nitrogen and oxygen atoms in total. The van der Waals surface area contributed by atoms with E-state index in [-0.39, 0.29) is 27.7 Å². The van der Waals surface area contributed by atoms with Gasteiger partial charge < -0.3 is 10.4 Å². The van der Waals surface area contributed by atoms with Gasteiger partial charge >= 0.3 is 0 Å². The van der Waals surface area contributed by atoms with Crippen LogP contribution in [-0.2, 0) is 10.0 Å². The van der Waals surface area contributed by atoms with E-state index in [0.29, 0.717) is 5.69 Å². The van der Waals surface area contributed by atoms with Gasteiger partial charge in [0.15, 0.2) is 5.13 Å². The quantitative estimate of drug-likeness (QED) is 0.552. The Morgan fingerprint density at radius 2 is 1.96 bits per heavy atom. The lowest BCUT2D eigenvalue weighted by atomic mass is 10.1. The zero-order chi connectivity index (χ0) is 18.6. The number of thiazole rings is 1. The molecule has 3 N–H and O–H groups in total. The van der Waals surface area contributed by atoms with E-state index in [1.165, 1.54) is 29.7 Å². The van der Waals surface area contributed by atoms with E-state index in [9.17, 15) is 13.5 Å². The summed E-state index contributed by atoms with van der Waals surface area (Å²) in [5, 5.41) is 15.0. The Hall–Kier alpha value is -2.13. The number of nitrogens with one attached hydrogen (secondary N) is 2. The van der Waals surface area contributed by atoms with Crippen LogP contribution >= 0.6 is 22.9 Å². The second-order valence-corrected chi connectivity index (χ2v) is 8.36. The maximum atomic E-state index is 12.4. The Morgan fingerprint density at radius 1 is 1.19 bits per heavy atom. The van der Waals surface area contributed by atoms with E-state index in [1.807, 2.05) is 30.3 Å². The molecule has 1 aromatic heterocycles. The fraction of sp³-hybridized carbons (Fsp3) is 0.118. The second kappa shape index (κ2) is 8.05. The summed E-state index contributed by atoms with van der Waals surface area (Å²) in [4.78, 5) is 3.94. The molecule has 0 spiro atoms. The number of hydrogen-bond acceptors (Lipinski definition) is 6. The minimum atomic E-state index is -3.77. The first-order valence-electron chi connectivity index (χ1n) is 7.64. The van der Waals surface area contributed by atoms with Gasteiger partial charge in [0.1, 0.15) is 0 Å². The van der Waals surface area contributed by atoms with Gasteiger partial charge in [-0.3, -0.25) is 4.72 Å². The lowest BCUT2D eigenvalue weighted by Gasteiger charge is -2.19. The van der Waals surface area contributed by atoms with Crippen LogP contribution in [0.1, 0.15) is 11.6 Å². The zero-order valence-corrected chi connectivity index (χ0v) is 15.9. The first kappa shape index (κ1) is 18.7. The third-order valence-electron chi connectivity index (χ3n) is 3.62. The van der Waals surface area contributed by atoms with Gasteiger partial charge in [-0.25, -0.2) is 13.4 Å². The highest BCUT2D eigenvalue weighted by atomic mass is 35.5. The van der Waals surface area contributed by atoms with E-state index in [1.54, 1.807) is 11.4 Å². The van der Waals surface area contributed by atoms with Gasteiger partial charge in [0.2, 0.25) is 0 Å². The normalized spacial score (nSPS) is 12.5. The summed E-state index contributed by atoms with van der Waals surface area (Å²) < 4.78 is 27.2. The Labute approximate surface area is 160 Å². The van der Waals surface area contributed by atoms with Crippen molar-refractivity contribution in [3.63, 3.8) is 0 Å². The number of aliphatic hydroxyl groups is 1. The Balaban J connectivity index is 1.81. The van der Waals surface area contributed by atoms with Crippen molar-refractivity contribution in [1.29, 1.82) is 0 Å². The highest BCUT2D eigenvalue weighted by Crippen LogP contribution is 2.29. The lowest BCUT2D eigenvalue weighted by molar-refractivity contribution is 0.276. The topological polar surface area (TPSA) is 91.3 Å². The number of aliphatic hydroxyl groups excluding tert-OH is 1. The number of benzene rings is 2. The van der Waals surface area contributed by atoms with E-state index >= 15 is 0 Å². The highest BCUT2D eigenvalue weighted by Gasteiger charge is 2.18. The van der Waals surface area contributed by atoms with Crippen molar-refractivity contribution in [2.45, 2.75) is 10.9 Å². The minimum absolute atomic E-state index is 0.0310. The molecule has 0 aliphatic carbocycles. The molecule has 0 amide bonds. The van der Waals surface area contributed by atoms with Crippen molar-refractivity contribution in [1.82, 2.24) is 4.98 Å².